The standard InChI is InChI=1S/C19H36O4/c1-7-9-10-16(8-2)13-22-17(20)11-12-18(21)23-19(14(3)4)15(5)6/h14-16,19H,7-13H2,1-6H3. The van der Waals surface area contributed by atoms with Crippen LogP contribution in [0.1, 0.15) is 80.1 Å². The summed E-state index contributed by atoms with van der Waals surface area (Å²) in [5.74, 6) is 0.358. The number of ether oxygens (including phenoxy) is 2. The van der Waals surface area contributed by atoms with Gasteiger partial charge in [-0.25, -0.2) is 0 Å². The molecular formula is C19H36O4. The van der Waals surface area contributed by atoms with Crippen molar-refractivity contribution < 1.29 is 19.1 Å². The fraction of sp³-hybridized carbons (Fsp3) is 0.895. The molecule has 4 heteroatoms. The monoisotopic (exact) mass is 328 g/mol. The second-order valence-corrected chi connectivity index (χ2v) is 7.04. The summed E-state index contributed by atoms with van der Waals surface area (Å²) in [5.41, 5.74) is 0. The molecule has 0 fully saturated rings. The third-order valence-corrected chi connectivity index (χ3v) is 4.14. The molecule has 0 aliphatic heterocycles. The van der Waals surface area contributed by atoms with Gasteiger partial charge in [0.1, 0.15) is 6.10 Å². The van der Waals surface area contributed by atoms with Gasteiger partial charge in [-0.15, -0.1) is 0 Å². The Morgan fingerprint density at radius 1 is 0.913 bits per heavy atom. The van der Waals surface area contributed by atoms with Gasteiger partial charge in [-0.3, -0.25) is 9.59 Å². The van der Waals surface area contributed by atoms with E-state index in [4.69, 9.17) is 9.47 Å². The highest BCUT2D eigenvalue weighted by atomic mass is 16.5. The molecule has 0 heterocycles. The lowest BCUT2D eigenvalue weighted by atomic mass is 9.96. The predicted molar refractivity (Wildman–Crippen MR) is 93.1 cm³/mol. The van der Waals surface area contributed by atoms with Gasteiger partial charge in [0, 0.05) is 0 Å². The van der Waals surface area contributed by atoms with E-state index in [1.54, 1.807) is 0 Å². The molecule has 0 aromatic heterocycles. The average Bonchev–Trinajstić information content (AvgIpc) is 2.50. The Balaban J connectivity index is 4.06. The van der Waals surface area contributed by atoms with E-state index >= 15 is 0 Å². The first-order chi connectivity index (χ1) is 10.8. The minimum Gasteiger partial charge on any atom is -0.465 e. The molecule has 0 aromatic carbocycles. The summed E-state index contributed by atoms with van der Waals surface area (Å²) in [6, 6.07) is 0. The molecule has 4 nitrogen and oxygen atoms in total. The second kappa shape index (κ2) is 12.4. The first kappa shape index (κ1) is 21.9. The van der Waals surface area contributed by atoms with Crippen LogP contribution < -0.4 is 0 Å². The van der Waals surface area contributed by atoms with Gasteiger partial charge in [0.25, 0.3) is 0 Å². The van der Waals surface area contributed by atoms with Crippen molar-refractivity contribution >= 4 is 11.9 Å². The normalized spacial score (nSPS) is 12.7. The summed E-state index contributed by atoms with van der Waals surface area (Å²) in [6.45, 7) is 12.9. The third-order valence-electron chi connectivity index (χ3n) is 4.14. The summed E-state index contributed by atoms with van der Waals surface area (Å²) in [6.07, 6.45) is 4.52. The molecule has 0 amide bonds. The van der Waals surface area contributed by atoms with Gasteiger partial charge in [0.15, 0.2) is 0 Å². The number of esters is 2. The second-order valence-electron chi connectivity index (χ2n) is 7.04. The minimum absolute atomic E-state index is 0.0977. The number of hydrogen-bond acceptors (Lipinski definition) is 4. The molecule has 136 valence electrons. The van der Waals surface area contributed by atoms with E-state index in [0.29, 0.717) is 12.5 Å². The van der Waals surface area contributed by atoms with Crippen molar-refractivity contribution in [3.05, 3.63) is 0 Å². The average molecular weight is 328 g/mol. The zero-order chi connectivity index (χ0) is 17.8. The smallest absolute Gasteiger partial charge is 0.306 e. The van der Waals surface area contributed by atoms with Crippen molar-refractivity contribution in [2.24, 2.45) is 17.8 Å². The molecule has 0 radical (unpaired) electrons. The van der Waals surface area contributed by atoms with Crippen LogP contribution in [0.4, 0.5) is 0 Å². The molecule has 1 atom stereocenters. The van der Waals surface area contributed by atoms with Crippen LogP contribution in [0.5, 0.6) is 0 Å². The van der Waals surface area contributed by atoms with Crippen LogP contribution in [0.25, 0.3) is 0 Å². The van der Waals surface area contributed by atoms with Crippen LogP contribution in [0.15, 0.2) is 0 Å². The minimum atomic E-state index is -0.313. The van der Waals surface area contributed by atoms with Crippen molar-refractivity contribution in [2.75, 3.05) is 6.61 Å². The van der Waals surface area contributed by atoms with Crippen molar-refractivity contribution in [3.8, 4) is 0 Å². The maximum atomic E-state index is 11.9. The molecule has 0 saturated carbocycles. The number of unbranched alkanes of at least 4 members (excludes halogenated alkanes) is 1. The number of carbonyl (C=O) groups is 2. The molecule has 0 bridgehead atoms. The topological polar surface area (TPSA) is 52.6 Å². The highest BCUT2D eigenvalue weighted by molar-refractivity contribution is 5.77. The van der Waals surface area contributed by atoms with Crippen LogP contribution in [-0.2, 0) is 19.1 Å². The van der Waals surface area contributed by atoms with Crippen LogP contribution in [0.2, 0.25) is 0 Å². The molecule has 23 heavy (non-hydrogen) atoms. The van der Waals surface area contributed by atoms with Gasteiger partial charge in [-0.1, -0.05) is 60.8 Å². The fourth-order valence-corrected chi connectivity index (χ4v) is 2.64. The first-order valence-electron chi connectivity index (χ1n) is 9.16. The van der Waals surface area contributed by atoms with Gasteiger partial charge < -0.3 is 9.47 Å². The van der Waals surface area contributed by atoms with E-state index in [1.165, 1.54) is 0 Å². The van der Waals surface area contributed by atoms with Gasteiger partial charge in [-0.05, 0) is 24.2 Å². The van der Waals surface area contributed by atoms with Crippen LogP contribution in [0, 0.1) is 17.8 Å². The Morgan fingerprint density at radius 2 is 1.48 bits per heavy atom. The van der Waals surface area contributed by atoms with E-state index in [1.807, 2.05) is 27.7 Å². The Kier molecular flexibility index (Phi) is 11.8. The quantitative estimate of drug-likeness (QED) is 0.485. The number of carbonyl (C=O) groups excluding carboxylic acids is 2. The molecule has 1 unspecified atom stereocenters. The first-order valence-corrected chi connectivity index (χ1v) is 9.16. The van der Waals surface area contributed by atoms with E-state index in [9.17, 15) is 9.59 Å². The Labute approximate surface area is 142 Å². The maximum absolute atomic E-state index is 11.9. The zero-order valence-electron chi connectivity index (χ0n) is 15.9. The summed E-state index contributed by atoms with van der Waals surface area (Å²) in [4.78, 5) is 23.6. The Bertz CT molecular complexity index is 328. The van der Waals surface area contributed by atoms with Crippen molar-refractivity contribution in [2.45, 2.75) is 86.2 Å². The lowest BCUT2D eigenvalue weighted by Gasteiger charge is -2.24. The number of rotatable bonds is 12. The van der Waals surface area contributed by atoms with Crippen molar-refractivity contribution in [1.29, 1.82) is 0 Å². The summed E-state index contributed by atoms with van der Waals surface area (Å²) < 4.78 is 10.8. The van der Waals surface area contributed by atoms with Gasteiger partial charge in [0.2, 0.25) is 0 Å². The van der Waals surface area contributed by atoms with Crippen molar-refractivity contribution in [1.82, 2.24) is 0 Å². The molecule has 0 aromatic rings. The number of hydrogen-bond donors (Lipinski definition) is 0. The third kappa shape index (κ3) is 10.4. The molecule has 0 rings (SSSR count). The van der Waals surface area contributed by atoms with Gasteiger partial charge in [-0.2, -0.15) is 0 Å². The molecule has 0 aliphatic rings. The highest BCUT2D eigenvalue weighted by Crippen LogP contribution is 2.17. The zero-order valence-corrected chi connectivity index (χ0v) is 15.9. The molecule has 0 spiro atoms. The lowest BCUT2D eigenvalue weighted by Crippen LogP contribution is -2.29. The van der Waals surface area contributed by atoms with E-state index in [0.717, 1.165) is 25.7 Å². The summed E-state index contributed by atoms with van der Waals surface area (Å²) >= 11 is 0. The molecule has 0 saturated heterocycles. The Morgan fingerprint density at radius 3 is 1.96 bits per heavy atom. The van der Waals surface area contributed by atoms with Crippen molar-refractivity contribution in [3.63, 3.8) is 0 Å². The van der Waals surface area contributed by atoms with E-state index < -0.39 is 0 Å². The van der Waals surface area contributed by atoms with Crippen LogP contribution in [-0.4, -0.2) is 24.6 Å². The SMILES string of the molecule is CCCCC(CC)COC(=O)CCC(=O)OC(C(C)C)C(C)C. The summed E-state index contributed by atoms with van der Waals surface area (Å²) in [7, 11) is 0. The largest absolute Gasteiger partial charge is 0.465 e. The molecular weight excluding hydrogens is 292 g/mol. The molecule has 0 N–H and O–H groups in total. The van der Waals surface area contributed by atoms with Gasteiger partial charge >= 0.3 is 11.9 Å². The molecule has 0 aliphatic carbocycles. The highest BCUT2D eigenvalue weighted by Gasteiger charge is 2.22. The maximum Gasteiger partial charge on any atom is 0.306 e. The Hall–Kier alpha value is -1.06. The van der Waals surface area contributed by atoms with E-state index in [2.05, 4.69) is 13.8 Å². The predicted octanol–water partition coefficient (Wildman–Crippen LogP) is 4.75. The van der Waals surface area contributed by atoms with Gasteiger partial charge in [0.05, 0.1) is 19.4 Å². The van der Waals surface area contributed by atoms with Crippen LogP contribution in [0.3, 0.4) is 0 Å². The fourth-order valence-electron chi connectivity index (χ4n) is 2.64. The van der Waals surface area contributed by atoms with Crippen LogP contribution >= 0.6 is 0 Å². The lowest BCUT2D eigenvalue weighted by molar-refractivity contribution is -0.157. The summed E-state index contributed by atoms with van der Waals surface area (Å²) in [5, 5.41) is 0. The van der Waals surface area contributed by atoms with E-state index in [-0.39, 0.29) is 42.7 Å².